The summed E-state index contributed by atoms with van der Waals surface area (Å²) in [5.41, 5.74) is 2.90. The summed E-state index contributed by atoms with van der Waals surface area (Å²) in [6.07, 6.45) is 0. The van der Waals surface area contributed by atoms with Crippen LogP contribution < -0.4 is 4.90 Å². The SMILES string of the molecule is [2H]c1c([2H])c(N(c2ccccc2-c2cccc3c2oc2c4ccccc4ccc32)c2cccc3ccccc23)c([2H])c([2H])c1-c1c([2H])c([2H])c([2H])c2c([2H])c([2H])c([2H])c([2H])c12. The second-order valence-corrected chi connectivity index (χ2v) is 12.0. The summed E-state index contributed by atoms with van der Waals surface area (Å²) in [7, 11) is 0. The maximum absolute atomic E-state index is 9.72. The van der Waals surface area contributed by atoms with Crippen molar-refractivity contribution in [2.75, 3.05) is 4.90 Å². The Morgan fingerprint density at radius 1 is 0.380 bits per heavy atom. The van der Waals surface area contributed by atoms with Gasteiger partial charge in [0, 0.05) is 38.4 Å². The lowest BCUT2D eigenvalue weighted by molar-refractivity contribution is 0.674. The maximum atomic E-state index is 9.72. The standard InChI is InChI=1S/C48H31NO/c1-4-17-37-32(12-1)15-9-21-38(37)35-26-29-36(30-27-35)49(45-25-10-16-33-13-2-5-18-39(33)45)46-24-8-7-20-41(46)42-22-11-23-43-44-31-28-34-14-3-6-19-40(34)47(44)50-48(42)43/h1-31H/i1D,4D,9D,12D,15D,17D,21D,26D,27D,29D,30D. The van der Waals surface area contributed by atoms with Gasteiger partial charge in [-0.05, 0) is 63.0 Å². The minimum Gasteiger partial charge on any atom is -0.455 e. The first-order valence-corrected chi connectivity index (χ1v) is 16.2. The molecule has 0 spiro atoms. The Balaban J connectivity index is 1.29. The Kier molecular flexibility index (Phi) is 4.46. The van der Waals surface area contributed by atoms with E-state index in [1.165, 1.54) is 0 Å². The van der Waals surface area contributed by atoms with Crippen LogP contribution in [0.15, 0.2) is 192 Å². The minimum atomic E-state index is -0.674. The number of anilines is 3. The zero-order valence-corrected chi connectivity index (χ0v) is 26.4. The van der Waals surface area contributed by atoms with Crippen LogP contribution in [0.5, 0.6) is 0 Å². The Morgan fingerprint density at radius 3 is 1.92 bits per heavy atom. The molecule has 0 bridgehead atoms. The van der Waals surface area contributed by atoms with E-state index in [9.17, 15) is 5.48 Å². The molecule has 9 aromatic carbocycles. The van der Waals surface area contributed by atoms with Crippen molar-refractivity contribution in [1.82, 2.24) is 0 Å². The molecule has 10 rings (SSSR count). The minimum absolute atomic E-state index is 0.119. The summed E-state index contributed by atoms with van der Waals surface area (Å²) in [5, 5.41) is 4.77. The first kappa shape index (κ1) is 19.4. The average Bonchev–Trinajstić information content (AvgIpc) is 3.68. The van der Waals surface area contributed by atoms with Gasteiger partial charge in [-0.1, -0.05) is 158 Å². The van der Waals surface area contributed by atoms with Gasteiger partial charge in [0.2, 0.25) is 0 Å². The van der Waals surface area contributed by atoms with Crippen molar-refractivity contribution in [3.63, 3.8) is 0 Å². The van der Waals surface area contributed by atoms with Gasteiger partial charge in [-0.25, -0.2) is 0 Å². The van der Waals surface area contributed by atoms with Crippen LogP contribution in [-0.2, 0) is 0 Å². The zero-order valence-electron chi connectivity index (χ0n) is 37.4. The fourth-order valence-electron chi connectivity index (χ4n) is 6.95. The molecule has 0 amide bonds. The van der Waals surface area contributed by atoms with E-state index in [0.29, 0.717) is 22.5 Å². The average molecular weight is 649 g/mol. The highest BCUT2D eigenvalue weighted by atomic mass is 16.3. The molecule has 0 radical (unpaired) electrons. The molecule has 0 unspecified atom stereocenters. The van der Waals surface area contributed by atoms with Crippen LogP contribution >= 0.6 is 0 Å². The molecule has 10 aromatic rings. The summed E-state index contributed by atoms with van der Waals surface area (Å²) in [5.74, 6) is 0. The fraction of sp³-hybridized carbons (Fsp3) is 0. The lowest BCUT2D eigenvalue weighted by Crippen LogP contribution is -2.11. The number of hydrogen-bond donors (Lipinski definition) is 0. The molecule has 0 N–H and O–H groups in total. The smallest absolute Gasteiger partial charge is 0.143 e. The fourth-order valence-corrected chi connectivity index (χ4v) is 6.95. The van der Waals surface area contributed by atoms with Crippen LogP contribution in [0.2, 0.25) is 0 Å². The lowest BCUT2D eigenvalue weighted by Gasteiger charge is -2.29. The third kappa shape index (κ3) is 4.50. The molecule has 0 aliphatic heterocycles. The third-order valence-electron chi connectivity index (χ3n) is 9.23. The number of fused-ring (bicyclic) bond motifs is 7. The molecule has 0 aliphatic rings. The molecular weight excluding hydrogens is 607 g/mol. The molecule has 0 atom stereocenters. The molecule has 2 nitrogen and oxygen atoms in total. The van der Waals surface area contributed by atoms with Crippen molar-refractivity contribution in [3.05, 3.63) is 188 Å². The normalized spacial score (nSPS) is 14.7. The van der Waals surface area contributed by atoms with E-state index >= 15 is 0 Å². The van der Waals surface area contributed by atoms with Gasteiger partial charge < -0.3 is 9.32 Å². The predicted molar refractivity (Wildman–Crippen MR) is 212 cm³/mol. The maximum Gasteiger partial charge on any atom is 0.143 e. The van der Waals surface area contributed by atoms with E-state index in [1.807, 2.05) is 115 Å². The number of hydrogen-bond acceptors (Lipinski definition) is 2. The summed E-state index contributed by atoms with van der Waals surface area (Å²) < 4.78 is 106. The molecule has 1 aromatic heterocycles. The largest absolute Gasteiger partial charge is 0.455 e. The van der Waals surface area contributed by atoms with E-state index in [-0.39, 0.29) is 22.0 Å². The molecule has 1 heterocycles. The summed E-state index contributed by atoms with van der Waals surface area (Å²) in [6.45, 7) is 0. The summed E-state index contributed by atoms with van der Waals surface area (Å²) in [6, 6.07) is 32.2. The van der Waals surface area contributed by atoms with Gasteiger partial charge >= 0.3 is 0 Å². The Hall–Kier alpha value is -6.64. The van der Waals surface area contributed by atoms with Crippen LogP contribution in [0.4, 0.5) is 17.1 Å². The summed E-state index contributed by atoms with van der Waals surface area (Å²) >= 11 is 0. The van der Waals surface area contributed by atoms with E-state index < -0.39 is 72.0 Å². The zero-order chi connectivity index (χ0) is 42.6. The van der Waals surface area contributed by atoms with Gasteiger partial charge in [0.15, 0.2) is 0 Å². The predicted octanol–water partition coefficient (Wildman–Crippen LogP) is 13.8. The molecule has 2 heteroatoms. The first-order valence-electron chi connectivity index (χ1n) is 21.7. The van der Waals surface area contributed by atoms with E-state index in [4.69, 9.17) is 14.0 Å². The van der Waals surface area contributed by atoms with Gasteiger partial charge in [-0.2, -0.15) is 0 Å². The number of para-hydroxylation sites is 2. The Labute approximate surface area is 305 Å². The number of rotatable bonds is 5. The van der Waals surface area contributed by atoms with Crippen molar-refractivity contribution < 1.29 is 19.5 Å². The van der Waals surface area contributed by atoms with Gasteiger partial charge in [0.1, 0.15) is 11.2 Å². The van der Waals surface area contributed by atoms with E-state index in [1.54, 1.807) is 4.90 Å². The highest BCUT2D eigenvalue weighted by Crippen LogP contribution is 2.46. The van der Waals surface area contributed by atoms with Crippen molar-refractivity contribution in [2.45, 2.75) is 0 Å². The number of benzene rings is 9. The molecule has 0 fully saturated rings. The van der Waals surface area contributed by atoms with Crippen molar-refractivity contribution in [2.24, 2.45) is 0 Å². The van der Waals surface area contributed by atoms with Gasteiger partial charge in [0.25, 0.3) is 0 Å². The lowest BCUT2D eigenvalue weighted by atomic mass is 9.97. The van der Waals surface area contributed by atoms with Crippen molar-refractivity contribution in [3.8, 4) is 22.3 Å². The quantitative estimate of drug-likeness (QED) is 0.185. The topological polar surface area (TPSA) is 16.4 Å². The van der Waals surface area contributed by atoms with E-state index in [0.717, 1.165) is 43.5 Å². The van der Waals surface area contributed by atoms with Crippen LogP contribution in [0, 0.1) is 0 Å². The monoisotopic (exact) mass is 648 g/mol. The van der Waals surface area contributed by atoms with Crippen LogP contribution in [0.3, 0.4) is 0 Å². The van der Waals surface area contributed by atoms with Gasteiger partial charge in [-0.15, -0.1) is 0 Å². The highest BCUT2D eigenvalue weighted by molar-refractivity contribution is 6.18. The van der Waals surface area contributed by atoms with E-state index in [2.05, 4.69) is 6.07 Å². The number of furan rings is 1. The van der Waals surface area contributed by atoms with Crippen molar-refractivity contribution in [1.29, 1.82) is 0 Å². The second-order valence-electron chi connectivity index (χ2n) is 12.0. The molecule has 234 valence electrons. The first-order chi connectivity index (χ1) is 29.4. The van der Waals surface area contributed by atoms with Gasteiger partial charge in [0.05, 0.1) is 26.5 Å². The van der Waals surface area contributed by atoms with Crippen LogP contribution in [0.25, 0.3) is 76.5 Å². The van der Waals surface area contributed by atoms with Crippen molar-refractivity contribution >= 4 is 71.3 Å². The Bertz CT molecular complexity index is 3480. The second kappa shape index (κ2) is 11.5. The molecular formula is C48H31NO. The molecule has 0 saturated heterocycles. The molecule has 0 saturated carbocycles. The number of nitrogens with zero attached hydrogens (tertiary/aromatic N) is 1. The van der Waals surface area contributed by atoms with Crippen LogP contribution in [0.1, 0.15) is 15.1 Å². The van der Waals surface area contributed by atoms with Crippen LogP contribution in [-0.4, -0.2) is 0 Å². The Morgan fingerprint density at radius 2 is 1.02 bits per heavy atom. The van der Waals surface area contributed by atoms with Gasteiger partial charge in [-0.3, -0.25) is 0 Å². The molecule has 0 aliphatic carbocycles. The third-order valence-corrected chi connectivity index (χ3v) is 9.23. The highest BCUT2D eigenvalue weighted by Gasteiger charge is 2.22. The summed E-state index contributed by atoms with van der Waals surface area (Å²) in [4.78, 5) is 1.70. The molecule has 50 heavy (non-hydrogen) atoms.